The number of hydrogen-bond donors (Lipinski definition) is 2. The van der Waals surface area contributed by atoms with Crippen LogP contribution in [0.1, 0.15) is 0 Å². The van der Waals surface area contributed by atoms with E-state index in [-0.39, 0.29) is 0 Å². The van der Waals surface area contributed by atoms with Crippen molar-refractivity contribution in [3.05, 3.63) is 0 Å². The Kier molecular flexibility index (Phi) is 4.55. The molecule has 0 unspecified atom stereocenters. The van der Waals surface area contributed by atoms with Crippen LogP contribution in [0.4, 0.5) is 0 Å². The molecule has 0 aliphatic rings. The molecule has 13 heteroatoms. The van der Waals surface area contributed by atoms with Gasteiger partial charge in [0, 0.05) is 0 Å². The minimum absolute atomic E-state index is 1.22. The molecular formula is C2H2N2O7S2Si2. The van der Waals surface area contributed by atoms with Gasteiger partial charge in [-0.2, -0.15) is 0 Å². The third kappa shape index (κ3) is 4.49. The number of rotatable bonds is 4. The first kappa shape index (κ1) is 14.2. The van der Waals surface area contributed by atoms with Crippen molar-refractivity contribution in [2.24, 2.45) is 0 Å². The fourth-order valence-electron chi connectivity index (χ4n) is 0.392. The van der Waals surface area contributed by atoms with Gasteiger partial charge in [0.2, 0.25) is 0 Å². The van der Waals surface area contributed by atoms with Gasteiger partial charge >= 0.3 is 16.4 Å². The van der Waals surface area contributed by atoms with E-state index in [1.165, 1.54) is 11.4 Å². The molecule has 0 saturated carbocycles. The molecule has 15 heavy (non-hydrogen) atoms. The molecule has 0 aliphatic heterocycles. The highest BCUT2D eigenvalue weighted by Gasteiger charge is 2.47. The summed E-state index contributed by atoms with van der Waals surface area (Å²) in [6.07, 6.45) is 0. The van der Waals surface area contributed by atoms with E-state index in [4.69, 9.17) is 19.6 Å². The van der Waals surface area contributed by atoms with E-state index in [0.29, 0.717) is 0 Å². The van der Waals surface area contributed by atoms with Crippen molar-refractivity contribution in [3.63, 3.8) is 0 Å². The van der Waals surface area contributed by atoms with Crippen LogP contribution < -0.4 is 0 Å². The summed E-state index contributed by atoms with van der Waals surface area (Å²) in [5, 5.41) is 16.4. The normalized spacial score (nSPS) is 12.4. The number of nitriles is 2. The summed E-state index contributed by atoms with van der Waals surface area (Å²) in [6.45, 7) is 0. The zero-order valence-corrected chi connectivity index (χ0v) is 10.3. The molecule has 2 radical (unpaired) electrons. The lowest BCUT2D eigenvalue weighted by Gasteiger charge is -2.06. The predicted molar refractivity (Wildman–Crippen MR) is 46.9 cm³/mol. The van der Waals surface area contributed by atoms with Gasteiger partial charge in [-0.3, -0.25) is 9.11 Å². The molecule has 0 heterocycles. The van der Waals surface area contributed by atoms with Gasteiger partial charge in [-0.15, -0.1) is 0 Å². The highest BCUT2D eigenvalue weighted by molar-refractivity contribution is 8.42. The Morgan fingerprint density at radius 3 is 1.53 bits per heavy atom. The molecule has 0 atom stereocenters. The molecule has 9 nitrogen and oxygen atoms in total. The molecule has 0 aromatic heterocycles. The van der Waals surface area contributed by atoms with Crippen molar-refractivity contribution in [2.45, 2.75) is 0 Å². The van der Waals surface area contributed by atoms with Crippen LogP contribution >= 0.6 is 0 Å². The Balaban J connectivity index is 5.24. The summed E-state index contributed by atoms with van der Waals surface area (Å²) in [7, 11) is -17.5. The monoisotopic (exact) mass is 286 g/mol. The van der Waals surface area contributed by atoms with E-state index in [9.17, 15) is 16.8 Å². The SMILES string of the molecule is N#C[Si](C#N)O[Si](S(=O)(=O)O)S(=O)(=O)O. The lowest BCUT2D eigenvalue weighted by Crippen LogP contribution is -2.42. The maximum absolute atomic E-state index is 10.5. The summed E-state index contributed by atoms with van der Waals surface area (Å²) in [5.41, 5.74) is 2.44. The van der Waals surface area contributed by atoms with Gasteiger partial charge in [-0.05, 0) is 0 Å². The molecule has 0 amide bonds. The first-order valence-corrected chi connectivity index (χ1v) is 9.94. The molecule has 0 aromatic carbocycles. The fraction of sp³-hybridized carbons (Fsp3) is 0. The molecule has 0 fully saturated rings. The van der Waals surface area contributed by atoms with Crippen molar-refractivity contribution < 1.29 is 30.1 Å². The van der Waals surface area contributed by atoms with Gasteiger partial charge in [0.25, 0.3) is 19.1 Å². The van der Waals surface area contributed by atoms with Crippen LogP contribution in [0.15, 0.2) is 0 Å². The Morgan fingerprint density at radius 1 is 1.00 bits per heavy atom. The second kappa shape index (κ2) is 4.81. The van der Waals surface area contributed by atoms with Gasteiger partial charge in [-0.1, -0.05) is 0 Å². The van der Waals surface area contributed by atoms with Crippen LogP contribution in [0, 0.1) is 21.9 Å². The maximum atomic E-state index is 10.5. The van der Waals surface area contributed by atoms with Crippen LogP contribution in [0.25, 0.3) is 0 Å². The quantitative estimate of drug-likeness (QED) is 0.434. The standard InChI is InChI=1S/C2H2N2O7S2Si2/c3-1-14(2-4)11-15(12(5,6)7)13(8,9)10/h(H,5,6,7)(H,8,9,10). The summed E-state index contributed by atoms with van der Waals surface area (Å²) in [4.78, 5) is 0. The van der Waals surface area contributed by atoms with Crippen molar-refractivity contribution in [2.75, 3.05) is 0 Å². The highest BCUT2D eigenvalue weighted by Crippen LogP contribution is 2.04. The van der Waals surface area contributed by atoms with Gasteiger partial charge in [0.1, 0.15) is 0 Å². The Bertz CT molecular complexity index is 464. The molecular weight excluding hydrogens is 284 g/mol. The Morgan fingerprint density at radius 2 is 1.33 bits per heavy atom. The second-order valence-corrected chi connectivity index (χ2v) is 12.3. The third-order valence-electron chi connectivity index (χ3n) is 0.810. The summed E-state index contributed by atoms with van der Waals surface area (Å²) < 4.78 is 62.8. The molecule has 82 valence electrons. The number of nitrogens with zero attached hydrogens (tertiary/aromatic N) is 2. The van der Waals surface area contributed by atoms with Crippen LogP contribution in [0.3, 0.4) is 0 Å². The largest absolute Gasteiger partial charge is 0.568 e. The maximum Gasteiger partial charge on any atom is 0.568 e. The van der Waals surface area contributed by atoms with Gasteiger partial charge in [0.15, 0.2) is 0 Å². The van der Waals surface area contributed by atoms with Crippen LogP contribution in [0.2, 0.25) is 0 Å². The summed E-state index contributed by atoms with van der Waals surface area (Å²) in [6, 6.07) is 0. The average molecular weight is 286 g/mol. The van der Waals surface area contributed by atoms with Crippen LogP contribution in [-0.4, -0.2) is 42.3 Å². The lowest BCUT2D eigenvalue weighted by atomic mass is 11.7. The van der Waals surface area contributed by atoms with E-state index < -0.39 is 35.5 Å². The zero-order chi connectivity index (χ0) is 12.3. The lowest BCUT2D eigenvalue weighted by molar-refractivity contribution is 0.478. The van der Waals surface area contributed by atoms with E-state index in [1.54, 1.807) is 0 Å². The topological polar surface area (TPSA) is 166 Å². The third-order valence-corrected chi connectivity index (χ3v) is 11.4. The van der Waals surface area contributed by atoms with Crippen molar-refractivity contribution in [1.82, 2.24) is 0 Å². The van der Waals surface area contributed by atoms with Crippen molar-refractivity contribution >= 4 is 35.5 Å². The van der Waals surface area contributed by atoms with Gasteiger partial charge in [0.05, 0.1) is 11.4 Å². The highest BCUT2D eigenvalue weighted by atomic mass is 32.6. The van der Waals surface area contributed by atoms with Gasteiger partial charge < -0.3 is 4.12 Å². The molecule has 0 spiro atoms. The van der Waals surface area contributed by atoms with Crippen LogP contribution in [0.5, 0.6) is 0 Å². The summed E-state index contributed by atoms with van der Waals surface area (Å²) in [5.74, 6) is 0. The Hall–Kier alpha value is -0.806. The molecule has 2 N–H and O–H groups in total. The zero-order valence-electron chi connectivity index (χ0n) is 6.65. The predicted octanol–water partition coefficient (Wildman–Crippen LogP) is -2.12. The van der Waals surface area contributed by atoms with Crippen LogP contribution in [-0.2, 0) is 23.3 Å². The first-order chi connectivity index (χ1) is 6.62. The Labute approximate surface area is 87.7 Å². The fourth-order valence-corrected chi connectivity index (χ4v) is 9.17. The molecule has 0 saturated heterocycles. The smallest absolute Gasteiger partial charge is 0.408 e. The van der Waals surface area contributed by atoms with E-state index in [2.05, 4.69) is 4.12 Å². The van der Waals surface area contributed by atoms with Gasteiger partial charge in [-0.25, -0.2) is 27.4 Å². The minimum atomic E-state index is -5.17. The molecule has 0 aliphatic carbocycles. The average Bonchev–Trinajstić information content (AvgIpc) is 2.01. The van der Waals surface area contributed by atoms with E-state index in [1.807, 2.05) is 0 Å². The molecule has 0 bridgehead atoms. The molecule has 0 rings (SSSR count). The van der Waals surface area contributed by atoms with Crippen molar-refractivity contribution in [3.8, 4) is 11.4 Å². The number of hydrogen-bond acceptors (Lipinski definition) is 7. The van der Waals surface area contributed by atoms with Crippen molar-refractivity contribution in [1.29, 1.82) is 10.5 Å². The minimum Gasteiger partial charge on any atom is -0.408 e. The molecule has 0 aromatic rings. The van der Waals surface area contributed by atoms with E-state index in [0.717, 1.165) is 0 Å². The second-order valence-electron chi connectivity index (χ2n) is 1.85. The summed E-state index contributed by atoms with van der Waals surface area (Å²) >= 11 is 0. The first-order valence-electron chi connectivity index (χ1n) is 2.80. The van der Waals surface area contributed by atoms with E-state index >= 15 is 0 Å².